The van der Waals surface area contributed by atoms with Crippen molar-refractivity contribution in [3.63, 3.8) is 0 Å². The number of ether oxygens (including phenoxy) is 1. The minimum Gasteiger partial charge on any atom is -0.466 e. The number of rotatable bonds is 12. The lowest BCUT2D eigenvalue weighted by Crippen LogP contribution is -2.02. The van der Waals surface area contributed by atoms with Gasteiger partial charge in [-0.25, -0.2) is 0 Å². The van der Waals surface area contributed by atoms with E-state index in [-0.39, 0.29) is 5.97 Å². The van der Waals surface area contributed by atoms with Crippen LogP contribution in [0.3, 0.4) is 0 Å². The molecule has 1 aromatic rings. The molecule has 22 heavy (non-hydrogen) atoms. The van der Waals surface area contributed by atoms with Gasteiger partial charge in [0.05, 0.1) is 6.61 Å². The topological polar surface area (TPSA) is 43.4 Å². The van der Waals surface area contributed by atoms with Crippen molar-refractivity contribution in [3.8, 4) is 0 Å². The van der Waals surface area contributed by atoms with E-state index in [1.54, 1.807) is 0 Å². The van der Waals surface area contributed by atoms with Crippen LogP contribution in [-0.4, -0.2) is 18.4 Å². The van der Waals surface area contributed by atoms with Crippen LogP contribution in [0.2, 0.25) is 0 Å². The van der Waals surface area contributed by atoms with Crippen LogP contribution < -0.4 is 0 Å². The largest absolute Gasteiger partial charge is 0.466 e. The van der Waals surface area contributed by atoms with Crippen molar-refractivity contribution in [1.82, 2.24) is 0 Å². The van der Waals surface area contributed by atoms with Gasteiger partial charge in [0.25, 0.3) is 0 Å². The van der Waals surface area contributed by atoms with Gasteiger partial charge in [-0.15, -0.1) is 0 Å². The van der Waals surface area contributed by atoms with Gasteiger partial charge in [-0.2, -0.15) is 0 Å². The van der Waals surface area contributed by atoms with E-state index < -0.39 is 0 Å². The van der Waals surface area contributed by atoms with Gasteiger partial charge in [0.1, 0.15) is 5.78 Å². The van der Waals surface area contributed by atoms with E-state index in [2.05, 4.69) is 0 Å². The summed E-state index contributed by atoms with van der Waals surface area (Å²) >= 11 is 0. The molecule has 0 fully saturated rings. The molecule has 0 atom stereocenters. The number of esters is 1. The SMILES string of the molecule is CC(=O)OCCCCCCCCCC(=O)Cc1ccccc1. The molecule has 0 unspecified atom stereocenters. The number of benzene rings is 1. The standard InChI is InChI=1S/C19H28O3/c1-17(20)22-15-11-6-4-2-3-5-10-14-19(21)16-18-12-8-7-9-13-18/h7-9,12-13H,2-6,10-11,14-16H2,1H3. The van der Waals surface area contributed by atoms with Gasteiger partial charge in [0, 0.05) is 19.8 Å². The molecule has 3 heteroatoms. The van der Waals surface area contributed by atoms with E-state index in [1.165, 1.54) is 26.2 Å². The number of hydrogen-bond donors (Lipinski definition) is 0. The van der Waals surface area contributed by atoms with E-state index in [1.807, 2.05) is 30.3 Å². The molecule has 1 rings (SSSR count). The molecule has 0 heterocycles. The quantitative estimate of drug-likeness (QED) is 0.422. The number of carbonyl (C=O) groups excluding carboxylic acids is 2. The lowest BCUT2D eigenvalue weighted by atomic mass is 10.0. The Bertz CT molecular complexity index is 426. The summed E-state index contributed by atoms with van der Waals surface area (Å²) < 4.78 is 4.89. The minimum atomic E-state index is -0.194. The molecule has 0 bridgehead atoms. The van der Waals surface area contributed by atoms with E-state index in [0.29, 0.717) is 25.2 Å². The predicted molar refractivity (Wildman–Crippen MR) is 88.7 cm³/mol. The Morgan fingerprint density at radius 1 is 0.864 bits per heavy atom. The fourth-order valence-electron chi connectivity index (χ4n) is 2.44. The van der Waals surface area contributed by atoms with E-state index in [9.17, 15) is 9.59 Å². The summed E-state index contributed by atoms with van der Waals surface area (Å²) in [5, 5.41) is 0. The lowest BCUT2D eigenvalue weighted by Gasteiger charge is -2.03. The molecular weight excluding hydrogens is 276 g/mol. The Morgan fingerprint density at radius 2 is 1.45 bits per heavy atom. The van der Waals surface area contributed by atoms with Gasteiger partial charge in [0.2, 0.25) is 0 Å². The Labute approximate surface area is 134 Å². The van der Waals surface area contributed by atoms with Gasteiger partial charge in [-0.3, -0.25) is 9.59 Å². The van der Waals surface area contributed by atoms with Gasteiger partial charge in [-0.1, -0.05) is 62.4 Å². The molecule has 0 N–H and O–H groups in total. The highest BCUT2D eigenvalue weighted by atomic mass is 16.5. The molecule has 3 nitrogen and oxygen atoms in total. The molecule has 0 aromatic heterocycles. The number of Topliss-reactive ketones (excluding diaryl/α,β-unsaturated/α-hetero) is 1. The van der Waals surface area contributed by atoms with Crippen molar-refractivity contribution in [1.29, 1.82) is 0 Å². The van der Waals surface area contributed by atoms with E-state index >= 15 is 0 Å². The van der Waals surface area contributed by atoms with Crippen LogP contribution in [0, 0.1) is 0 Å². The Balaban J connectivity index is 1.89. The van der Waals surface area contributed by atoms with Crippen LogP contribution in [0.1, 0.15) is 63.9 Å². The molecule has 1 aromatic carbocycles. The maximum Gasteiger partial charge on any atom is 0.302 e. The third-order valence-corrected chi connectivity index (χ3v) is 3.65. The van der Waals surface area contributed by atoms with Crippen LogP contribution >= 0.6 is 0 Å². The van der Waals surface area contributed by atoms with Crippen molar-refractivity contribution in [3.05, 3.63) is 35.9 Å². The van der Waals surface area contributed by atoms with Crippen molar-refractivity contribution >= 4 is 11.8 Å². The summed E-state index contributed by atoms with van der Waals surface area (Å²) in [7, 11) is 0. The molecule has 0 aliphatic rings. The molecule has 0 amide bonds. The Hall–Kier alpha value is -1.64. The van der Waals surface area contributed by atoms with Crippen molar-refractivity contribution < 1.29 is 14.3 Å². The first-order valence-corrected chi connectivity index (χ1v) is 8.37. The first-order chi connectivity index (χ1) is 10.7. The number of carbonyl (C=O) groups is 2. The van der Waals surface area contributed by atoms with E-state index in [0.717, 1.165) is 31.2 Å². The first kappa shape index (κ1) is 18.4. The molecule has 0 radical (unpaired) electrons. The van der Waals surface area contributed by atoms with Crippen LogP contribution in [0.5, 0.6) is 0 Å². The molecule has 0 aliphatic carbocycles. The second-order valence-electron chi connectivity index (χ2n) is 5.77. The molecule has 0 aliphatic heterocycles. The predicted octanol–water partition coefficient (Wildman–Crippen LogP) is 4.48. The van der Waals surface area contributed by atoms with Gasteiger partial charge < -0.3 is 4.74 Å². The smallest absolute Gasteiger partial charge is 0.302 e. The highest BCUT2D eigenvalue weighted by molar-refractivity contribution is 5.80. The highest BCUT2D eigenvalue weighted by Gasteiger charge is 2.03. The van der Waals surface area contributed by atoms with Crippen molar-refractivity contribution in [2.45, 2.75) is 64.7 Å². The summed E-state index contributed by atoms with van der Waals surface area (Å²) in [6.45, 7) is 1.99. The fraction of sp³-hybridized carbons (Fsp3) is 0.579. The molecule has 0 saturated heterocycles. The third-order valence-electron chi connectivity index (χ3n) is 3.65. The Kier molecular flexibility index (Phi) is 10.0. The van der Waals surface area contributed by atoms with Crippen molar-refractivity contribution in [2.75, 3.05) is 6.61 Å². The van der Waals surface area contributed by atoms with Crippen LogP contribution in [0.4, 0.5) is 0 Å². The van der Waals surface area contributed by atoms with E-state index in [4.69, 9.17) is 4.74 Å². The van der Waals surface area contributed by atoms with Gasteiger partial charge >= 0.3 is 5.97 Å². The number of unbranched alkanes of at least 4 members (excludes halogenated alkanes) is 6. The number of hydrogen-bond acceptors (Lipinski definition) is 3. The fourth-order valence-corrected chi connectivity index (χ4v) is 2.44. The summed E-state index contributed by atoms with van der Waals surface area (Å²) in [5.41, 5.74) is 1.11. The molecular formula is C19H28O3. The summed E-state index contributed by atoms with van der Waals surface area (Å²) in [6.07, 6.45) is 9.02. The lowest BCUT2D eigenvalue weighted by molar-refractivity contribution is -0.141. The van der Waals surface area contributed by atoms with Gasteiger partial charge in [0.15, 0.2) is 0 Å². The summed E-state index contributed by atoms with van der Waals surface area (Å²) in [6, 6.07) is 9.94. The maximum absolute atomic E-state index is 11.8. The third kappa shape index (κ3) is 10.1. The molecule has 122 valence electrons. The average molecular weight is 304 g/mol. The summed E-state index contributed by atoms with van der Waals surface area (Å²) in [5.74, 6) is 0.146. The highest BCUT2D eigenvalue weighted by Crippen LogP contribution is 2.10. The number of ketones is 1. The van der Waals surface area contributed by atoms with Gasteiger partial charge in [-0.05, 0) is 18.4 Å². The van der Waals surface area contributed by atoms with Crippen LogP contribution in [-0.2, 0) is 20.7 Å². The Morgan fingerprint density at radius 3 is 2.09 bits per heavy atom. The second kappa shape index (κ2) is 12.0. The maximum atomic E-state index is 11.8. The second-order valence-corrected chi connectivity index (χ2v) is 5.77. The normalized spacial score (nSPS) is 10.4. The average Bonchev–Trinajstić information content (AvgIpc) is 2.50. The zero-order valence-electron chi connectivity index (χ0n) is 13.7. The zero-order valence-corrected chi connectivity index (χ0v) is 13.7. The van der Waals surface area contributed by atoms with Crippen LogP contribution in [0.25, 0.3) is 0 Å². The summed E-state index contributed by atoms with van der Waals surface area (Å²) in [4.78, 5) is 22.4. The zero-order chi connectivity index (χ0) is 16.0. The van der Waals surface area contributed by atoms with Crippen molar-refractivity contribution in [2.24, 2.45) is 0 Å². The molecule has 0 saturated carbocycles. The van der Waals surface area contributed by atoms with Crippen LogP contribution in [0.15, 0.2) is 30.3 Å². The minimum absolute atomic E-state index is 0.194. The first-order valence-electron chi connectivity index (χ1n) is 8.37. The molecule has 0 spiro atoms. The monoisotopic (exact) mass is 304 g/mol.